The van der Waals surface area contributed by atoms with Crippen LogP contribution in [0.2, 0.25) is 0 Å². The largest absolute Gasteiger partial charge is 0.330 e. The van der Waals surface area contributed by atoms with Gasteiger partial charge in [0.1, 0.15) is 0 Å². The number of nitrogens with two attached hydrogens (primary N) is 1. The Morgan fingerprint density at radius 3 is 2.69 bits per heavy atom. The minimum absolute atomic E-state index is 0.813. The van der Waals surface area contributed by atoms with Gasteiger partial charge >= 0.3 is 0 Å². The van der Waals surface area contributed by atoms with Gasteiger partial charge in [-0.25, -0.2) is 0 Å². The van der Waals surface area contributed by atoms with Crippen molar-refractivity contribution in [1.29, 1.82) is 0 Å². The Hall–Kier alpha value is 0.270. The Balaban J connectivity index is 1.86. The summed E-state index contributed by atoms with van der Waals surface area (Å²) in [5, 5.41) is 3.45. The van der Waals surface area contributed by atoms with Crippen LogP contribution in [-0.4, -0.2) is 31.1 Å². The SMILES string of the molecule is NCCCNCCC1CCSCC1. The van der Waals surface area contributed by atoms with Crippen molar-refractivity contribution < 1.29 is 0 Å². The highest BCUT2D eigenvalue weighted by atomic mass is 32.2. The molecule has 0 atom stereocenters. The van der Waals surface area contributed by atoms with E-state index in [4.69, 9.17) is 5.73 Å². The Bertz CT molecular complexity index is 113. The van der Waals surface area contributed by atoms with Crippen LogP contribution in [0, 0.1) is 5.92 Å². The first kappa shape index (κ1) is 11.3. The summed E-state index contributed by atoms with van der Waals surface area (Å²) < 4.78 is 0. The predicted octanol–water partition coefficient (Wildman–Crippen LogP) is 1.46. The molecule has 3 heteroatoms. The van der Waals surface area contributed by atoms with Crippen molar-refractivity contribution in [2.24, 2.45) is 11.7 Å². The molecule has 0 aromatic heterocycles. The van der Waals surface area contributed by atoms with Crippen LogP contribution in [0.15, 0.2) is 0 Å². The van der Waals surface area contributed by atoms with Crippen molar-refractivity contribution in [3.63, 3.8) is 0 Å². The minimum Gasteiger partial charge on any atom is -0.330 e. The molecule has 13 heavy (non-hydrogen) atoms. The molecule has 1 rings (SSSR count). The first-order chi connectivity index (χ1) is 6.43. The maximum absolute atomic E-state index is 5.41. The van der Waals surface area contributed by atoms with E-state index < -0.39 is 0 Å². The lowest BCUT2D eigenvalue weighted by atomic mass is 9.99. The highest BCUT2D eigenvalue weighted by molar-refractivity contribution is 7.99. The summed E-state index contributed by atoms with van der Waals surface area (Å²) in [5.41, 5.74) is 5.41. The van der Waals surface area contributed by atoms with E-state index in [0.717, 1.165) is 25.4 Å². The van der Waals surface area contributed by atoms with Gasteiger partial charge in [-0.2, -0.15) is 11.8 Å². The zero-order chi connectivity index (χ0) is 9.36. The summed E-state index contributed by atoms with van der Waals surface area (Å²) in [4.78, 5) is 0. The predicted molar refractivity (Wildman–Crippen MR) is 61.2 cm³/mol. The zero-order valence-electron chi connectivity index (χ0n) is 8.43. The van der Waals surface area contributed by atoms with Crippen LogP contribution in [0.25, 0.3) is 0 Å². The van der Waals surface area contributed by atoms with Gasteiger partial charge in [0.2, 0.25) is 0 Å². The average Bonchev–Trinajstić information content (AvgIpc) is 2.19. The number of hydrogen-bond acceptors (Lipinski definition) is 3. The van der Waals surface area contributed by atoms with Gasteiger partial charge in [0.05, 0.1) is 0 Å². The van der Waals surface area contributed by atoms with Crippen LogP contribution in [-0.2, 0) is 0 Å². The van der Waals surface area contributed by atoms with E-state index in [1.807, 2.05) is 0 Å². The molecule has 3 N–H and O–H groups in total. The van der Waals surface area contributed by atoms with Gasteiger partial charge in [-0.1, -0.05) is 0 Å². The molecule has 0 radical (unpaired) electrons. The van der Waals surface area contributed by atoms with Crippen LogP contribution in [0.4, 0.5) is 0 Å². The third-order valence-corrected chi connectivity index (χ3v) is 3.68. The Morgan fingerprint density at radius 1 is 1.23 bits per heavy atom. The third kappa shape index (κ3) is 5.55. The van der Waals surface area contributed by atoms with Crippen molar-refractivity contribution in [3.05, 3.63) is 0 Å². The first-order valence-electron chi connectivity index (χ1n) is 5.42. The zero-order valence-corrected chi connectivity index (χ0v) is 9.24. The molecule has 1 fully saturated rings. The van der Waals surface area contributed by atoms with Crippen molar-refractivity contribution in [1.82, 2.24) is 5.32 Å². The molecule has 0 saturated carbocycles. The van der Waals surface area contributed by atoms with Crippen LogP contribution >= 0.6 is 11.8 Å². The molecule has 0 unspecified atom stereocenters. The number of rotatable bonds is 6. The topological polar surface area (TPSA) is 38.0 Å². The van der Waals surface area contributed by atoms with E-state index in [2.05, 4.69) is 17.1 Å². The van der Waals surface area contributed by atoms with E-state index in [9.17, 15) is 0 Å². The normalized spacial score (nSPS) is 19.2. The number of thioether (sulfide) groups is 1. The molecule has 1 heterocycles. The summed E-state index contributed by atoms with van der Waals surface area (Å²) in [6, 6.07) is 0. The van der Waals surface area contributed by atoms with Crippen molar-refractivity contribution in [2.75, 3.05) is 31.1 Å². The molecule has 78 valence electrons. The van der Waals surface area contributed by atoms with E-state index in [-0.39, 0.29) is 0 Å². The van der Waals surface area contributed by atoms with Gasteiger partial charge in [0.25, 0.3) is 0 Å². The lowest BCUT2D eigenvalue weighted by Crippen LogP contribution is -2.22. The standard InChI is InChI=1S/C10H22N2S/c11-5-1-6-12-7-2-10-3-8-13-9-4-10/h10,12H,1-9,11H2. The minimum atomic E-state index is 0.813. The maximum atomic E-state index is 5.41. The molecular weight excluding hydrogens is 180 g/mol. The summed E-state index contributed by atoms with van der Waals surface area (Å²) in [6.07, 6.45) is 5.35. The number of nitrogens with one attached hydrogen (secondary N) is 1. The van der Waals surface area contributed by atoms with E-state index in [1.54, 1.807) is 0 Å². The quantitative estimate of drug-likeness (QED) is 0.640. The van der Waals surface area contributed by atoms with Gasteiger partial charge in [-0.05, 0) is 62.7 Å². The molecule has 0 aromatic rings. The Kier molecular flexibility index (Phi) is 6.68. The van der Waals surface area contributed by atoms with Gasteiger partial charge < -0.3 is 11.1 Å². The third-order valence-electron chi connectivity index (χ3n) is 2.63. The fourth-order valence-corrected chi connectivity index (χ4v) is 2.90. The molecule has 2 nitrogen and oxygen atoms in total. The molecule has 0 aromatic carbocycles. The molecular formula is C10H22N2S. The first-order valence-corrected chi connectivity index (χ1v) is 6.57. The van der Waals surface area contributed by atoms with Crippen molar-refractivity contribution in [2.45, 2.75) is 25.7 Å². The van der Waals surface area contributed by atoms with E-state index in [1.165, 1.54) is 37.3 Å². The van der Waals surface area contributed by atoms with Crippen LogP contribution in [0.3, 0.4) is 0 Å². The summed E-state index contributed by atoms with van der Waals surface area (Å²) in [7, 11) is 0. The molecule has 1 aliphatic rings. The average molecular weight is 202 g/mol. The second-order valence-corrected chi connectivity index (χ2v) is 4.96. The second kappa shape index (κ2) is 7.65. The summed E-state index contributed by atoms with van der Waals surface area (Å²) in [6.45, 7) is 3.10. The van der Waals surface area contributed by atoms with Gasteiger partial charge in [0.15, 0.2) is 0 Å². The summed E-state index contributed by atoms with van der Waals surface area (Å²) >= 11 is 2.11. The van der Waals surface area contributed by atoms with Crippen LogP contribution < -0.4 is 11.1 Å². The smallest absolute Gasteiger partial charge is 0.00369 e. The molecule has 1 aliphatic heterocycles. The van der Waals surface area contributed by atoms with Crippen molar-refractivity contribution in [3.8, 4) is 0 Å². The highest BCUT2D eigenvalue weighted by Crippen LogP contribution is 2.24. The Labute approximate surface area is 86.0 Å². The fourth-order valence-electron chi connectivity index (χ4n) is 1.69. The van der Waals surface area contributed by atoms with Crippen LogP contribution in [0.1, 0.15) is 25.7 Å². The lowest BCUT2D eigenvalue weighted by molar-refractivity contribution is 0.436. The maximum Gasteiger partial charge on any atom is -0.00369 e. The van der Waals surface area contributed by atoms with Crippen LogP contribution in [0.5, 0.6) is 0 Å². The molecule has 0 spiro atoms. The molecule has 0 aliphatic carbocycles. The van der Waals surface area contributed by atoms with E-state index in [0.29, 0.717) is 0 Å². The lowest BCUT2D eigenvalue weighted by Gasteiger charge is -2.21. The Morgan fingerprint density at radius 2 is 2.00 bits per heavy atom. The summed E-state index contributed by atoms with van der Waals surface area (Å²) in [5.74, 6) is 3.76. The highest BCUT2D eigenvalue weighted by Gasteiger charge is 2.12. The van der Waals surface area contributed by atoms with Gasteiger partial charge in [-0.3, -0.25) is 0 Å². The van der Waals surface area contributed by atoms with Gasteiger partial charge in [0, 0.05) is 0 Å². The number of hydrogen-bond donors (Lipinski definition) is 2. The molecule has 0 bridgehead atoms. The van der Waals surface area contributed by atoms with Crippen molar-refractivity contribution >= 4 is 11.8 Å². The molecule has 0 amide bonds. The van der Waals surface area contributed by atoms with E-state index >= 15 is 0 Å². The van der Waals surface area contributed by atoms with Gasteiger partial charge in [-0.15, -0.1) is 0 Å². The monoisotopic (exact) mass is 202 g/mol. The molecule has 1 saturated heterocycles. The fraction of sp³-hybridized carbons (Fsp3) is 1.00. The second-order valence-electron chi connectivity index (χ2n) is 3.74.